The van der Waals surface area contributed by atoms with E-state index in [9.17, 15) is 14.7 Å². The normalized spacial score (nSPS) is 20.1. The van der Waals surface area contributed by atoms with Gasteiger partial charge in [0.1, 0.15) is 6.61 Å². The van der Waals surface area contributed by atoms with E-state index in [0.717, 1.165) is 5.56 Å². The topological polar surface area (TPSA) is 88.1 Å². The third-order valence-electron chi connectivity index (χ3n) is 5.58. The Bertz CT molecular complexity index is 675. The summed E-state index contributed by atoms with van der Waals surface area (Å²) in [5, 5.41) is 12.3. The van der Waals surface area contributed by atoms with Gasteiger partial charge in [-0.2, -0.15) is 0 Å². The van der Waals surface area contributed by atoms with Gasteiger partial charge in [0.2, 0.25) is 0 Å². The molecule has 0 aliphatic carbocycles. The van der Waals surface area contributed by atoms with Crippen LogP contribution in [0.2, 0.25) is 18.1 Å². The van der Waals surface area contributed by atoms with Crippen LogP contribution in [-0.4, -0.2) is 55.7 Å². The zero-order valence-electron chi connectivity index (χ0n) is 17.4. The maximum atomic E-state index is 12.0. The summed E-state index contributed by atoms with van der Waals surface area (Å²) >= 11 is 0. The summed E-state index contributed by atoms with van der Waals surface area (Å²) in [5.74, 6) is 0. The second kappa shape index (κ2) is 8.96. The molecule has 1 fully saturated rings. The second-order valence-electron chi connectivity index (χ2n) is 8.77. The first-order chi connectivity index (χ1) is 13.0. The van der Waals surface area contributed by atoms with Gasteiger partial charge < -0.3 is 24.5 Å². The van der Waals surface area contributed by atoms with Crippen LogP contribution in [-0.2, 0) is 15.8 Å². The van der Waals surface area contributed by atoms with Gasteiger partial charge in [-0.25, -0.2) is 9.59 Å². The van der Waals surface area contributed by atoms with E-state index in [0.29, 0.717) is 13.0 Å². The summed E-state index contributed by atoms with van der Waals surface area (Å²) < 4.78 is 11.6. The maximum Gasteiger partial charge on any atom is 0.407 e. The van der Waals surface area contributed by atoms with Gasteiger partial charge in [0.05, 0.1) is 12.1 Å². The lowest BCUT2D eigenvalue weighted by Gasteiger charge is -2.38. The smallest absolute Gasteiger partial charge is 0.407 e. The third-order valence-corrected chi connectivity index (χ3v) is 10.1. The Kier molecular flexibility index (Phi) is 7.11. The third kappa shape index (κ3) is 5.97. The van der Waals surface area contributed by atoms with Crippen LogP contribution in [0.1, 0.15) is 32.8 Å². The van der Waals surface area contributed by atoms with Crippen molar-refractivity contribution in [3.05, 3.63) is 35.9 Å². The molecule has 0 aromatic heterocycles. The van der Waals surface area contributed by atoms with Gasteiger partial charge in [-0.3, -0.25) is 0 Å². The van der Waals surface area contributed by atoms with Crippen molar-refractivity contribution in [2.75, 3.05) is 13.1 Å². The fraction of sp³-hybridized carbons (Fsp3) is 0.600. The number of carboxylic acid groups (broad SMARTS) is 1. The number of rotatable bonds is 6. The Morgan fingerprint density at radius 3 is 2.46 bits per heavy atom. The molecule has 1 saturated heterocycles. The highest BCUT2D eigenvalue weighted by Gasteiger charge is 2.43. The second-order valence-corrected chi connectivity index (χ2v) is 13.5. The Morgan fingerprint density at radius 2 is 1.89 bits per heavy atom. The summed E-state index contributed by atoms with van der Waals surface area (Å²) in [7, 11) is -1.99. The number of nitrogens with zero attached hydrogens (tertiary/aromatic N) is 1. The average Bonchev–Trinajstić information content (AvgIpc) is 3.00. The molecular weight excluding hydrogens is 376 g/mol. The van der Waals surface area contributed by atoms with Gasteiger partial charge in [-0.1, -0.05) is 51.1 Å². The molecule has 0 saturated carbocycles. The van der Waals surface area contributed by atoms with E-state index in [-0.39, 0.29) is 30.3 Å². The number of carbonyl (C=O) groups excluding carboxylic acids is 1. The van der Waals surface area contributed by atoms with E-state index in [4.69, 9.17) is 9.16 Å². The number of carbonyl (C=O) groups is 2. The van der Waals surface area contributed by atoms with Gasteiger partial charge in [0.15, 0.2) is 8.32 Å². The van der Waals surface area contributed by atoms with Crippen LogP contribution in [0, 0.1) is 0 Å². The minimum atomic E-state index is -1.99. The molecule has 1 aromatic carbocycles. The molecule has 0 radical (unpaired) electrons. The minimum absolute atomic E-state index is 0.0542. The molecule has 2 amide bonds. The summed E-state index contributed by atoms with van der Waals surface area (Å²) in [4.78, 5) is 24.9. The van der Waals surface area contributed by atoms with Gasteiger partial charge in [-0.05, 0) is 30.1 Å². The number of hydrogen-bond acceptors (Lipinski definition) is 4. The fourth-order valence-electron chi connectivity index (χ4n) is 2.96. The molecule has 1 aliphatic heterocycles. The molecular formula is C20H32N2O5Si. The molecule has 156 valence electrons. The van der Waals surface area contributed by atoms with Crippen LogP contribution in [0.5, 0.6) is 0 Å². The summed E-state index contributed by atoms with van der Waals surface area (Å²) in [6, 6.07) is 9.08. The minimum Gasteiger partial charge on any atom is -0.465 e. The van der Waals surface area contributed by atoms with Crippen molar-refractivity contribution in [1.29, 1.82) is 0 Å². The zero-order valence-corrected chi connectivity index (χ0v) is 18.4. The largest absolute Gasteiger partial charge is 0.465 e. The fourth-order valence-corrected chi connectivity index (χ4v) is 4.31. The highest BCUT2D eigenvalue weighted by atomic mass is 28.4. The summed E-state index contributed by atoms with van der Waals surface area (Å²) in [6.45, 7) is 11.5. The van der Waals surface area contributed by atoms with Crippen molar-refractivity contribution in [2.24, 2.45) is 0 Å². The average molecular weight is 409 g/mol. The predicted octanol–water partition coefficient (Wildman–Crippen LogP) is 4.06. The van der Waals surface area contributed by atoms with Crippen LogP contribution in [0.25, 0.3) is 0 Å². The molecule has 2 N–H and O–H groups in total. The monoisotopic (exact) mass is 408 g/mol. The van der Waals surface area contributed by atoms with Gasteiger partial charge in [-0.15, -0.1) is 0 Å². The standard InChI is InChI=1S/C20H32N2O5Si/c1-20(2,3)28(4,5)27-17-11-16(22(13-17)19(24)25)12-21-18(23)26-14-15-9-7-6-8-10-15/h6-10,16-17H,11-14H2,1-5H3,(H,21,23)(H,24,25). The van der Waals surface area contributed by atoms with Gasteiger partial charge >= 0.3 is 12.2 Å². The van der Waals surface area contributed by atoms with Crippen LogP contribution in [0.4, 0.5) is 9.59 Å². The lowest BCUT2D eigenvalue weighted by Crippen LogP contribution is -2.44. The molecule has 0 bridgehead atoms. The lowest BCUT2D eigenvalue weighted by atomic mass is 10.2. The van der Waals surface area contributed by atoms with Crippen LogP contribution < -0.4 is 5.32 Å². The molecule has 1 aromatic rings. The zero-order chi connectivity index (χ0) is 20.9. The lowest BCUT2D eigenvalue weighted by molar-refractivity contribution is 0.124. The Balaban J connectivity index is 1.87. The Morgan fingerprint density at radius 1 is 1.25 bits per heavy atom. The molecule has 28 heavy (non-hydrogen) atoms. The first-order valence-electron chi connectivity index (χ1n) is 9.61. The van der Waals surface area contributed by atoms with E-state index < -0.39 is 20.5 Å². The highest BCUT2D eigenvalue weighted by molar-refractivity contribution is 6.74. The quantitative estimate of drug-likeness (QED) is 0.693. The number of nitrogens with one attached hydrogen (secondary N) is 1. The number of ether oxygens (including phenoxy) is 1. The summed E-state index contributed by atoms with van der Waals surface area (Å²) in [5.41, 5.74) is 0.897. The highest BCUT2D eigenvalue weighted by Crippen LogP contribution is 2.38. The molecule has 7 nitrogen and oxygen atoms in total. The van der Waals surface area contributed by atoms with Crippen molar-refractivity contribution in [3.63, 3.8) is 0 Å². The number of amides is 2. The van der Waals surface area contributed by atoms with Crippen LogP contribution in [0.3, 0.4) is 0 Å². The van der Waals surface area contributed by atoms with Crippen LogP contribution >= 0.6 is 0 Å². The molecule has 1 aliphatic rings. The van der Waals surface area contributed by atoms with E-state index in [2.05, 4.69) is 39.2 Å². The Hall–Kier alpha value is -2.06. The molecule has 2 unspecified atom stereocenters. The molecule has 8 heteroatoms. The first-order valence-corrected chi connectivity index (χ1v) is 12.5. The number of likely N-dealkylation sites (tertiary alicyclic amines) is 1. The van der Waals surface area contributed by atoms with E-state index in [1.165, 1.54) is 4.90 Å². The predicted molar refractivity (Wildman–Crippen MR) is 110 cm³/mol. The van der Waals surface area contributed by atoms with Crippen LogP contribution in [0.15, 0.2) is 30.3 Å². The molecule has 0 spiro atoms. The number of benzene rings is 1. The first kappa shape index (κ1) is 22.2. The van der Waals surface area contributed by atoms with Gasteiger partial charge in [0.25, 0.3) is 0 Å². The van der Waals surface area contributed by atoms with E-state index in [1.807, 2.05) is 30.3 Å². The van der Waals surface area contributed by atoms with Crippen molar-refractivity contribution in [2.45, 2.75) is 64.1 Å². The van der Waals surface area contributed by atoms with Gasteiger partial charge in [0, 0.05) is 13.1 Å². The van der Waals surface area contributed by atoms with Crippen molar-refractivity contribution in [1.82, 2.24) is 10.2 Å². The van der Waals surface area contributed by atoms with E-state index in [1.54, 1.807) is 0 Å². The molecule has 1 heterocycles. The number of hydrogen-bond donors (Lipinski definition) is 2. The van der Waals surface area contributed by atoms with Crippen molar-refractivity contribution >= 4 is 20.5 Å². The van der Waals surface area contributed by atoms with E-state index >= 15 is 0 Å². The Labute approximate surface area is 168 Å². The summed E-state index contributed by atoms with van der Waals surface area (Å²) in [6.07, 6.45) is -1.13. The molecule has 2 atom stereocenters. The molecule has 2 rings (SSSR count). The number of alkyl carbamates (subject to hydrolysis) is 1. The van der Waals surface area contributed by atoms with Crippen molar-refractivity contribution in [3.8, 4) is 0 Å². The van der Waals surface area contributed by atoms with Crippen molar-refractivity contribution < 1.29 is 23.9 Å². The maximum absolute atomic E-state index is 12.0. The SMILES string of the molecule is CC(C)(C)[Si](C)(C)OC1CC(CNC(=O)OCc2ccccc2)N(C(=O)O)C1.